The van der Waals surface area contributed by atoms with Crippen LogP contribution in [0.3, 0.4) is 0 Å². The highest BCUT2D eigenvalue weighted by atomic mass is 79.9. The first kappa shape index (κ1) is 13.2. The lowest BCUT2D eigenvalue weighted by Crippen LogP contribution is -2.48. The third-order valence-corrected chi connectivity index (χ3v) is 4.80. The van der Waals surface area contributed by atoms with Crippen LogP contribution >= 0.6 is 15.9 Å². The van der Waals surface area contributed by atoms with Crippen molar-refractivity contribution >= 4 is 21.8 Å². The fourth-order valence-corrected chi connectivity index (χ4v) is 3.85. The summed E-state index contributed by atoms with van der Waals surface area (Å²) in [7, 11) is 0. The summed E-state index contributed by atoms with van der Waals surface area (Å²) < 4.78 is 3.01. The minimum atomic E-state index is 0.186. The van der Waals surface area contributed by atoms with Crippen LogP contribution in [0.1, 0.15) is 30.3 Å². The molecular weight excluding hydrogens is 306 g/mol. The number of rotatable bonds is 2. The van der Waals surface area contributed by atoms with Crippen LogP contribution in [0.2, 0.25) is 0 Å². The van der Waals surface area contributed by atoms with Gasteiger partial charge < -0.3 is 14.8 Å². The zero-order valence-corrected chi connectivity index (χ0v) is 12.8. The van der Waals surface area contributed by atoms with E-state index >= 15 is 0 Å². The van der Waals surface area contributed by atoms with Crippen LogP contribution < -0.4 is 5.32 Å². The molecule has 4 nitrogen and oxygen atoms in total. The van der Waals surface area contributed by atoms with Crippen molar-refractivity contribution in [2.75, 3.05) is 19.6 Å². The van der Waals surface area contributed by atoms with Crippen molar-refractivity contribution in [1.82, 2.24) is 14.8 Å². The van der Waals surface area contributed by atoms with E-state index in [9.17, 15) is 4.79 Å². The van der Waals surface area contributed by atoms with E-state index in [1.54, 1.807) is 0 Å². The second kappa shape index (κ2) is 5.29. The number of carbonyl (C=O) groups is 1. The Morgan fingerprint density at radius 3 is 3.16 bits per heavy atom. The fraction of sp³-hybridized carbons (Fsp3) is 0.643. The number of piperidine rings is 1. The first-order chi connectivity index (χ1) is 9.20. The summed E-state index contributed by atoms with van der Waals surface area (Å²) in [5.41, 5.74) is 0.807. The molecule has 0 aromatic carbocycles. The number of hydrogen-bond acceptors (Lipinski definition) is 2. The Labute approximate surface area is 122 Å². The van der Waals surface area contributed by atoms with Gasteiger partial charge in [-0.1, -0.05) is 0 Å². The lowest BCUT2D eigenvalue weighted by molar-refractivity contribution is 0.0564. The molecule has 2 atom stereocenters. The van der Waals surface area contributed by atoms with Gasteiger partial charge in [0, 0.05) is 42.9 Å². The van der Waals surface area contributed by atoms with Gasteiger partial charge in [-0.3, -0.25) is 4.79 Å². The maximum atomic E-state index is 12.8. The fourth-order valence-electron chi connectivity index (χ4n) is 3.38. The molecule has 1 aromatic rings. The van der Waals surface area contributed by atoms with E-state index in [1.165, 1.54) is 6.42 Å². The van der Waals surface area contributed by atoms with Crippen molar-refractivity contribution in [3.05, 3.63) is 22.4 Å². The number of fused-ring (bicyclic) bond motifs is 1. The molecule has 0 saturated carbocycles. The van der Waals surface area contributed by atoms with E-state index in [-0.39, 0.29) is 5.91 Å². The molecule has 2 unspecified atom stereocenters. The molecule has 1 aromatic heterocycles. The zero-order chi connectivity index (χ0) is 13.4. The standard InChI is InChI=1S/C14H20BrN3O/c1-2-17-9-11(15)6-12(17)14(19)18-5-3-4-10-7-16-8-13(10)18/h6,9-10,13,16H,2-5,7-8H2,1H3. The predicted molar refractivity (Wildman–Crippen MR) is 78.2 cm³/mol. The number of hydrogen-bond donors (Lipinski definition) is 1. The lowest BCUT2D eigenvalue weighted by atomic mass is 9.92. The van der Waals surface area contributed by atoms with Crippen LogP contribution in [0, 0.1) is 5.92 Å². The van der Waals surface area contributed by atoms with Crippen LogP contribution in [-0.2, 0) is 6.54 Å². The van der Waals surface area contributed by atoms with Crippen molar-refractivity contribution in [3.63, 3.8) is 0 Å². The highest BCUT2D eigenvalue weighted by Gasteiger charge is 2.38. The van der Waals surface area contributed by atoms with Gasteiger partial charge in [-0.2, -0.15) is 0 Å². The smallest absolute Gasteiger partial charge is 0.270 e. The number of nitrogens with one attached hydrogen (secondary N) is 1. The topological polar surface area (TPSA) is 37.3 Å². The molecule has 2 fully saturated rings. The first-order valence-electron chi connectivity index (χ1n) is 7.08. The Morgan fingerprint density at radius 2 is 2.37 bits per heavy atom. The molecule has 0 aliphatic carbocycles. The summed E-state index contributed by atoms with van der Waals surface area (Å²) in [5.74, 6) is 0.831. The Kier molecular flexibility index (Phi) is 3.67. The Hall–Kier alpha value is -0.810. The van der Waals surface area contributed by atoms with Gasteiger partial charge in [0.2, 0.25) is 0 Å². The van der Waals surface area contributed by atoms with E-state index in [1.807, 2.05) is 16.8 Å². The molecule has 5 heteroatoms. The lowest BCUT2D eigenvalue weighted by Gasteiger charge is -2.37. The van der Waals surface area contributed by atoms with Gasteiger partial charge in [0.1, 0.15) is 5.69 Å². The molecule has 1 N–H and O–H groups in total. The molecular formula is C14H20BrN3O. The molecule has 3 heterocycles. The number of aryl methyl sites for hydroxylation is 1. The molecule has 0 radical (unpaired) electrons. The Balaban J connectivity index is 1.86. The molecule has 2 aliphatic heterocycles. The number of amides is 1. The van der Waals surface area contributed by atoms with Crippen LogP contribution in [0.25, 0.3) is 0 Å². The maximum absolute atomic E-state index is 12.8. The minimum absolute atomic E-state index is 0.186. The van der Waals surface area contributed by atoms with Crippen molar-refractivity contribution in [1.29, 1.82) is 0 Å². The molecule has 104 valence electrons. The zero-order valence-electron chi connectivity index (χ0n) is 11.2. The SMILES string of the molecule is CCn1cc(Br)cc1C(=O)N1CCCC2CNCC21. The summed E-state index contributed by atoms with van der Waals surface area (Å²) in [6.45, 7) is 5.80. The average Bonchev–Trinajstić information content (AvgIpc) is 3.03. The second-order valence-electron chi connectivity index (χ2n) is 5.46. The van der Waals surface area contributed by atoms with Crippen molar-refractivity contribution in [2.24, 2.45) is 5.92 Å². The van der Waals surface area contributed by atoms with E-state index in [0.717, 1.165) is 42.8 Å². The van der Waals surface area contributed by atoms with Gasteiger partial charge in [-0.25, -0.2) is 0 Å². The summed E-state index contributed by atoms with van der Waals surface area (Å²) in [6.07, 6.45) is 4.37. The predicted octanol–water partition coefficient (Wildman–Crippen LogP) is 2.09. The second-order valence-corrected chi connectivity index (χ2v) is 6.37. The van der Waals surface area contributed by atoms with Crippen LogP contribution in [0.15, 0.2) is 16.7 Å². The van der Waals surface area contributed by atoms with E-state index in [2.05, 4.69) is 33.1 Å². The van der Waals surface area contributed by atoms with Gasteiger partial charge in [0.15, 0.2) is 0 Å². The van der Waals surface area contributed by atoms with Crippen molar-refractivity contribution < 1.29 is 4.79 Å². The van der Waals surface area contributed by atoms with Gasteiger partial charge in [-0.05, 0) is 47.7 Å². The average molecular weight is 326 g/mol. The highest BCUT2D eigenvalue weighted by Crippen LogP contribution is 2.28. The van der Waals surface area contributed by atoms with Crippen molar-refractivity contribution in [3.8, 4) is 0 Å². The summed E-state index contributed by atoms with van der Waals surface area (Å²) in [6, 6.07) is 2.33. The van der Waals surface area contributed by atoms with Crippen LogP contribution in [0.4, 0.5) is 0 Å². The summed E-state index contributed by atoms with van der Waals surface area (Å²) in [4.78, 5) is 14.9. The molecule has 2 saturated heterocycles. The van der Waals surface area contributed by atoms with E-state index in [4.69, 9.17) is 0 Å². The van der Waals surface area contributed by atoms with Crippen LogP contribution in [-0.4, -0.2) is 41.1 Å². The Morgan fingerprint density at radius 1 is 1.53 bits per heavy atom. The monoisotopic (exact) mass is 325 g/mol. The molecule has 0 bridgehead atoms. The number of carbonyl (C=O) groups excluding carboxylic acids is 1. The Bertz CT molecular complexity index is 485. The molecule has 2 aliphatic rings. The highest BCUT2D eigenvalue weighted by molar-refractivity contribution is 9.10. The van der Waals surface area contributed by atoms with Gasteiger partial charge in [0.05, 0.1) is 0 Å². The molecule has 0 spiro atoms. The quantitative estimate of drug-likeness (QED) is 0.904. The van der Waals surface area contributed by atoms with Crippen LogP contribution in [0.5, 0.6) is 0 Å². The molecule has 19 heavy (non-hydrogen) atoms. The summed E-state index contributed by atoms with van der Waals surface area (Å²) in [5, 5.41) is 3.42. The third kappa shape index (κ3) is 2.34. The number of aromatic nitrogens is 1. The number of nitrogens with zero attached hydrogens (tertiary/aromatic N) is 2. The third-order valence-electron chi connectivity index (χ3n) is 4.36. The van der Waals surface area contributed by atoms with E-state index < -0.39 is 0 Å². The number of halogens is 1. The first-order valence-corrected chi connectivity index (χ1v) is 7.87. The van der Waals surface area contributed by atoms with Crippen molar-refractivity contribution in [2.45, 2.75) is 32.4 Å². The van der Waals surface area contributed by atoms with Gasteiger partial charge in [0.25, 0.3) is 5.91 Å². The number of likely N-dealkylation sites (tertiary alicyclic amines) is 1. The minimum Gasteiger partial charge on any atom is -0.343 e. The maximum Gasteiger partial charge on any atom is 0.270 e. The normalized spacial score (nSPS) is 26.5. The van der Waals surface area contributed by atoms with E-state index in [0.29, 0.717) is 12.0 Å². The largest absolute Gasteiger partial charge is 0.343 e. The summed E-state index contributed by atoms with van der Waals surface area (Å²) >= 11 is 3.47. The molecule has 3 rings (SSSR count). The molecule has 1 amide bonds. The van der Waals surface area contributed by atoms with Gasteiger partial charge >= 0.3 is 0 Å². The van der Waals surface area contributed by atoms with Gasteiger partial charge in [-0.15, -0.1) is 0 Å².